The molecule has 2 saturated carbocycles. The molecule has 2 heterocycles. The number of aliphatic imine (C=N–C) groups is 1. The minimum absolute atomic E-state index is 0. The molecule has 4 rings (SSSR count). The van der Waals surface area contributed by atoms with Crippen LogP contribution in [0.3, 0.4) is 0 Å². The van der Waals surface area contributed by atoms with Crippen LogP contribution in [0.15, 0.2) is 4.99 Å². The Morgan fingerprint density at radius 3 is 2.72 bits per heavy atom. The minimum Gasteiger partial charge on any atom is -0.377 e. The minimum atomic E-state index is 0. The van der Waals surface area contributed by atoms with E-state index in [0.29, 0.717) is 23.5 Å². The topological polar surface area (TPSA) is 63.5 Å². The number of ether oxygens (including phenoxy) is 1. The van der Waals surface area contributed by atoms with E-state index in [1.165, 1.54) is 36.9 Å². The molecule has 2 N–H and O–H groups in total. The van der Waals surface area contributed by atoms with Gasteiger partial charge in [0.15, 0.2) is 5.96 Å². The molecule has 0 bridgehead atoms. The molecule has 3 fully saturated rings. The summed E-state index contributed by atoms with van der Waals surface area (Å²) in [6.45, 7) is 5.86. The van der Waals surface area contributed by atoms with E-state index >= 15 is 0 Å². The third kappa shape index (κ3) is 2.87. The zero-order chi connectivity index (χ0) is 16.9. The molecule has 0 radical (unpaired) electrons. The molecule has 7 heteroatoms. The lowest BCUT2D eigenvalue weighted by Crippen LogP contribution is -2.72. The molecule has 6 nitrogen and oxygen atoms in total. The molecular formula is C18H30IN5O. The van der Waals surface area contributed by atoms with E-state index in [9.17, 15) is 0 Å². The Bertz CT molecular complexity index is 667. The van der Waals surface area contributed by atoms with E-state index in [2.05, 4.69) is 34.6 Å². The van der Waals surface area contributed by atoms with Crippen molar-refractivity contribution in [3.05, 3.63) is 17.0 Å². The molecule has 1 spiro atoms. The summed E-state index contributed by atoms with van der Waals surface area (Å²) in [5.74, 6) is 1.56. The average molecular weight is 459 g/mol. The Hall–Kier alpha value is -0.830. The first-order chi connectivity index (χ1) is 11.6. The second-order valence-electron chi connectivity index (χ2n) is 7.65. The fourth-order valence-electron chi connectivity index (χ4n) is 5.04. The highest BCUT2D eigenvalue weighted by Crippen LogP contribution is 2.62. The Kier molecular flexibility index (Phi) is 5.35. The lowest BCUT2D eigenvalue weighted by Gasteiger charge is -2.63. The molecule has 2 aliphatic carbocycles. The standard InChI is InChI=1S/C18H29N5O.HI/c1-11-14(12(2)23(4)22-11)10-20-17(19-3)21-15-13-6-9-24-16(13)18(15)7-5-8-18;/h13,15-16H,5-10H2,1-4H3,(H2,19,20,21);1H. The largest absolute Gasteiger partial charge is 0.377 e. The number of nitrogens with one attached hydrogen (secondary N) is 2. The van der Waals surface area contributed by atoms with Crippen molar-refractivity contribution in [2.75, 3.05) is 13.7 Å². The van der Waals surface area contributed by atoms with Crippen LogP contribution in [-0.4, -0.2) is 41.5 Å². The van der Waals surface area contributed by atoms with Crippen molar-refractivity contribution in [3.8, 4) is 0 Å². The molecule has 0 aromatic carbocycles. The lowest BCUT2D eigenvalue weighted by atomic mass is 9.46. The predicted molar refractivity (Wildman–Crippen MR) is 109 cm³/mol. The molecule has 3 atom stereocenters. The fourth-order valence-corrected chi connectivity index (χ4v) is 5.04. The van der Waals surface area contributed by atoms with E-state index in [4.69, 9.17) is 4.74 Å². The Morgan fingerprint density at radius 2 is 2.16 bits per heavy atom. The third-order valence-corrected chi connectivity index (χ3v) is 6.64. The van der Waals surface area contributed by atoms with Crippen molar-refractivity contribution < 1.29 is 4.74 Å². The van der Waals surface area contributed by atoms with Gasteiger partial charge in [-0.2, -0.15) is 5.10 Å². The summed E-state index contributed by atoms with van der Waals surface area (Å²) >= 11 is 0. The van der Waals surface area contributed by atoms with Crippen LogP contribution in [0, 0.1) is 25.2 Å². The van der Waals surface area contributed by atoms with Gasteiger partial charge in [-0.25, -0.2) is 0 Å². The highest BCUT2D eigenvalue weighted by molar-refractivity contribution is 14.0. The maximum Gasteiger partial charge on any atom is 0.191 e. The highest BCUT2D eigenvalue weighted by Gasteiger charge is 2.66. The Balaban J connectivity index is 0.00000182. The Morgan fingerprint density at radius 1 is 1.40 bits per heavy atom. The van der Waals surface area contributed by atoms with Crippen LogP contribution in [0.2, 0.25) is 0 Å². The SMILES string of the molecule is CN=C(NCc1c(C)nn(C)c1C)NC1C2CCOC2C12CCC2.I. The van der Waals surface area contributed by atoms with Crippen molar-refractivity contribution in [1.82, 2.24) is 20.4 Å². The van der Waals surface area contributed by atoms with Gasteiger partial charge in [0.2, 0.25) is 0 Å². The summed E-state index contributed by atoms with van der Waals surface area (Å²) in [7, 11) is 3.85. The van der Waals surface area contributed by atoms with E-state index in [0.717, 1.165) is 24.8 Å². The summed E-state index contributed by atoms with van der Waals surface area (Å²) in [5.41, 5.74) is 3.92. The predicted octanol–water partition coefficient (Wildman–Crippen LogP) is 2.28. The number of halogens is 1. The molecule has 25 heavy (non-hydrogen) atoms. The van der Waals surface area contributed by atoms with Crippen LogP contribution in [0.1, 0.15) is 42.6 Å². The smallest absolute Gasteiger partial charge is 0.191 e. The molecular weight excluding hydrogens is 429 g/mol. The first kappa shape index (κ1) is 18.9. The number of rotatable bonds is 3. The quantitative estimate of drug-likeness (QED) is 0.414. The number of nitrogens with zero attached hydrogens (tertiary/aromatic N) is 3. The van der Waals surface area contributed by atoms with Crippen LogP contribution in [-0.2, 0) is 18.3 Å². The van der Waals surface area contributed by atoms with Crippen LogP contribution in [0.25, 0.3) is 0 Å². The Labute approximate surface area is 167 Å². The van der Waals surface area contributed by atoms with Crippen LogP contribution >= 0.6 is 24.0 Å². The molecule has 1 aliphatic heterocycles. The number of aromatic nitrogens is 2. The second kappa shape index (κ2) is 7.06. The maximum absolute atomic E-state index is 6.01. The zero-order valence-corrected chi connectivity index (χ0v) is 18.0. The van der Waals surface area contributed by atoms with Gasteiger partial charge in [0.1, 0.15) is 0 Å². The monoisotopic (exact) mass is 459 g/mol. The van der Waals surface area contributed by atoms with Gasteiger partial charge in [-0.1, -0.05) is 6.42 Å². The molecule has 1 saturated heterocycles. The number of hydrogen-bond acceptors (Lipinski definition) is 3. The van der Waals surface area contributed by atoms with Gasteiger partial charge >= 0.3 is 0 Å². The van der Waals surface area contributed by atoms with Gasteiger partial charge in [-0.3, -0.25) is 9.67 Å². The normalized spacial score (nSPS) is 29.4. The first-order valence-electron chi connectivity index (χ1n) is 9.14. The van der Waals surface area contributed by atoms with E-state index in [-0.39, 0.29) is 24.0 Å². The lowest BCUT2D eigenvalue weighted by molar-refractivity contribution is -0.171. The fraction of sp³-hybridized carbons (Fsp3) is 0.778. The number of hydrogen-bond donors (Lipinski definition) is 2. The van der Waals surface area contributed by atoms with Gasteiger partial charge in [-0.15, -0.1) is 24.0 Å². The summed E-state index contributed by atoms with van der Waals surface area (Å²) in [6.07, 6.45) is 5.60. The van der Waals surface area contributed by atoms with Gasteiger partial charge in [0, 0.05) is 55.9 Å². The third-order valence-electron chi connectivity index (χ3n) is 6.64. The van der Waals surface area contributed by atoms with Crippen LogP contribution in [0.4, 0.5) is 0 Å². The molecule has 3 unspecified atom stereocenters. The summed E-state index contributed by atoms with van der Waals surface area (Å²) in [4.78, 5) is 4.46. The maximum atomic E-state index is 6.01. The molecule has 1 aromatic heterocycles. The number of aryl methyl sites for hydroxylation is 2. The van der Waals surface area contributed by atoms with Crippen LogP contribution < -0.4 is 10.6 Å². The average Bonchev–Trinajstić information content (AvgIpc) is 3.02. The van der Waals surface area contributed by atoms with Gasteiger partial charge in [-0.05, 0) is 33.1 Å². The summed E-state index contributed by atoms with van der Waals surface area (Å²) in [6, 6.07) is 0.515. The van der Waals surface area contributed by atoms with Crippen molar-refractivity contribution in [2.24, 2.45) is 23.4 Å². The van der Waals surface area contributed by atoms with E-state index < -0.39 is 0 Å². The van der Waals surface area contributed by atoms with Crippen molar-refractivity contribution >= 4 is 29.9 Å². The molecule has 140 valence electrons. The number of fused-ring (bicyclic) bond motifs is 2. The van der Waals surface area contributed by atoms with Crippen LogP contribution in [0.5, 0.6) is 0 Å². The van der Waals surface area contributed by atoms with Gasteiger partial charge in [0.25, 0.3) is 0 Å². The van der Waals surface area contributed by atoms with Gasteiger partial charge < -0.3 is 15.4 Å². The van der Waals surface area contributed by atoms with Crippen molar-refractivity contribution in [1.29, 1.82) is 0 Å². The molecule has 3 aliphatic rings. The number of guanidine groups is 1. The molecule has 0 amide bonds. The van der Waals surface area contributed by atoms with E-state index in [1.807, 2.05) is 18.8 Å². The summed E-state index contributed by atoms with van der Waals surface area (Å²) in [5, 5.41) is 11.7. The summed E-state index contributed by atoms with van der Waals surface area (Å²) < 4.78 is 7.95. The first-order valence-corrected chi connectivity index (χ1v) is 9.14. The van der Waals surface area contributed by atoms with Gasteiger partial charge in [0.05, 0.1) is 11.8 Å². The van der Waals surface area contributed by atoms with Crippen molar-refractivity contribution in [2.45, 2.75) is 58.2 Å². The van der Waals surface area contributed by atoms with Crippen molar-refractivity contribution in [3.63, 3.8) is 0 Å². The van der Waals surface area contributed by atoms with E-state index in [1.54, 1.807) is 0 Å². The second-order valence-corrected chi connectivity index (χ2v) is 7.65. The molecule has 1 aromatic rings. The zero-order valence-electron chi connectivity index (χ0n) is 15.6. The highest BCUT2D eigenvalue weighted by atomic mass is 127.